The van der Waals surface area contributed by atoms with Crippen LogP contribution in [0, 0.1) is 0 Å². The van der Waals surface area contributed by atoms with Gasteiger partial charge >= 0.3 is 0 Å². The van der Waals surface area contributed by atoms with Crippen LogP contribution in [0.5, 0.6) is 0 Å². The molecule has 0 aliphatic carbocycles. The highest BCUT2D eigenvalue weighted by Gasteiger charge is 2.18. The van der Waals surface area contributed by atoms with E-state index in [0.29, 0.717) is 6.54 Å². The molecule has 1 aromatic rings. The van der Waals surface area contributed by atoms with Crippen LogP contribution in [0.15, 0.2) is 30.3 Å². The molecule has 0 heterocycles. The maximum atomic E-state index is 11.7. The van der Waals surface area contributed by atoms with E-state index in [1.54, 1.807) is 7.11 Å². The smallest absolute Gasteiger partial charge is 0.222 e. The van der Waals surface area contributed by atoms with Gasteiger partial charge in [0.05, 0.1) is 5.60 Å². The first kappa shape index (κ1) is 17.9. The first-order valence-corrected chi connectivity index (χ1v) is 6.07. The highest BCUT2D eigenvalue weighted by molar-refractivity contribution is 5.85. The third-order valence-electron chi connectivity index (χ3n) is 2.90. The van der Waals surface area contributed by atoms with Crippen molar-refractivity contribution in [3.05, 3.63) is 35.9 Å². The van der Waals surface area contributed by atoms with Gasteiger partial charge in [-0.25, -0.2) is 0 Å². The third-order valence-corrected chi connectivity index (χ3v) is 2.90. The second kappa shape index (κ2) is 8.15. The molecule has 1 amide bonds. The van der Waals surface area contributed by atoms with Crippen molar-refractivity contribution < 1.29 is 9.53 Å². The van der Waals surface area contributed by atoms with Gasteiger partial charge in [0.25, 0.3) is 0 Å². The molecule has 0 aliphatic rings. The Balaban J connectivity index is 0.00000324. The van der Waals surface area contributed by atoms with Gasteiger partial charge in [0.2, 0.25) is 5.91 Å². The number of rotatable bonds is 6. The number of benzene rings is 1. The molecule has 3 N–H and O–H groups in total. The summed E-state index contributed by atoms with van der Waals surface area (Å²) in [7, 11) is 1.63. The van der Waals surface area contributed by atoms with Crippen molar-refractivity contribution in [2.45, 2.75) is 31.9 Å². The van der Waals surface area contributed by atoms with Gasteiger partial charge in [-0.3, -0.25) is 4.79 Å². The zero-order valence-corrected chi connectivity index (χ0v) is 12.5. The minimum atomic E-state index is -0.355. The maximum Gasteiger partial charge on any atom is 0.222 e. The summed E-state index contributed by atoms with van der Waals surface area (Å²) in [6.45, 7) is 4.32. The van der Waals surface area contributed by atoms with Crippen LogP contribution in [0.1, 0.15) is 31.9 Å². The second-order valence-electron chi connectivity index (χ2n) is 4.96. The number of nitrogens with one attached hydrogen (secondary N) is 1. The average molecular weight is 287 g/mol. The largest absolute Gasteiger partial charge is 0.377 e. The molecule has 0 radical (unpaired) electrons. The molecule has 1 aromatic carbocycles. The molecule has 1 unspecified atom stereocenters. The molecule has 1 rings (SSSR count). The van der Waals surface area contributed by atoms with E-state index in [4.69, 9.17) is 10.5 Å². The minimum absolute atomic E-state index is 0. The van der Waals surface area contributed by atoms with Crippen molar-refractivity contribution in [2.24, 2.45) is 5.73 Å². The van der Waals surface area contributed by atoms with Gasteiger partial charge in [-0.05, 0) is 19.4 Å². The predicted molar refractivity (Wildman–Crippen MR) is 79.3 cm³/mol. The number of nitrogens with two attached hydrogens (primary N) is 1. The van der Waals surface area contributed by atoms with Gasteiger partial charge < -0.3 is 15.8 Å². The Hall–Kier alpha value is -1.10. The molecular weight excluding hydrogens is 264 g/mol. The van der Waals surface area contributed by atoms with E-state index in [1.165, 1.54) is 0 Å². The lowest BCUT2D eigenvalue weighted by atomic mass is 10.0. The van der Waals surface area contributed by atoms with Crippen molar-refractivity contribution in [3.63, 3.8) is 0 Å². The number of carbonyl (C=O) groups excluding carboxylic acids is 1. The van der Waals surface area contributed by atoms with Gasteiger partial charge in [0.1, 0.15) is 0 Å². The summed E-state index contributed by atoms with van der Waals surface area (Å²) in [6.07, 6.45) is 0.282. The molecule has 1 atom stereocenters. The summed E-state index contributed by atoms with van der Waals surface area (Å²) in [6, 6.07) is 9.35. The summed E-state index contributed by atoms with van der Waals surface area (Å²) in [4.78, 5) is 11.7. The maximum absolute atomic E-state index is 11.7. The lowest BCUT2D eigenvalue weighted by Gasteiger charge is -2.23. The number of hydrogen-bond acceptors (Lipinski definition) is 3. The topological polar surface area (TPSA) is 64.3 Å². The Morgan fingerprint density at radius 1 is 1.37 bits per heavy atom. The third kappa shape index (κ3) is 6.57. The predicted octanol–water partition coefficient (Wildman–Crippen LogP) is 2.04. The molecule has 108 valence electrons. The van der Waals surface area contributed by atoms with Crippen molar-refractivity contribution in [1.29, 1.82) is 0 Å². The molecular formula is C14H23ClN2O2. The van der Waals surface area contributed by atoms with E-state index in [2.05, 4.69) is 5.32 Å². The van der Waals surface area contributed by atoms with Crippen LogP contribution in [0.3, 0.4) is 0 Å². The first-order valence-electron chi connectivity index (χ1n) is 6.07. The Kier molecular flexibility index (Phi) is 7.68. The molecule has 0 bridgehead atoms. The molecule has 0 saturated heterocycles. The van der Waals surface area contributed by atoms with Gasteiger partial charge in [-0.2, -0.15) is 0 Å². The Morgan fingerprint density at radius 3 is 2.47 bits per heavy atom. The summed E-state index contributed by atoms with van der Waals surface area (Å²) in [5, 5.41) is 2.83. The molecule has 19 heavy (non-hydrogen) atoms. The minimum Gasteiger partial charge on any atom is -0.377 e. The number of amides is 1. The summed E-state index contributed by atoms with van der Waals surface area (Å²) in [5.74, 6) is -0.0588. The Morgan fingerprint density at radius 2 is 1.95 bits per heavy atom. The number of ether oxygens (including phenoxy) is 1. The number of methoxy groups -OCH3 is 1. The van der Waals surface area contributed by atoms with Crippen LogP contribution >= 0.6 is 12.4 Å². The van der Waals surface area contributed by atoms with E-state index in [9.17, 15) is 4.79 Å². The van der Waals surface area contributed by atoms with E-state index in [0.717, 1.165) is 5.56 Å². The standard InChI is InChI=1S/C14H22N2O2.ClH/c1-14(2,18-3)10-16-13(17)9-12(15)11-7-5-4-6-8-11;/h4-8,12H,9-10,15H2,1-3H3,(H,16,17);1H. The molecule has 0 fully saturated rings. The number of hydrogen-bond donors (Lipinski definition) is 2. The van der Waals surface area contributed by atoms with Crippen LogP contribution in [0.25, 0.3) is 0 Å². The fraction of sp³-hybridized carbons (Fsp3) is 0.500. The van der Waals surface area contributed by atoms with Crippen molar-refractivity contribution in [2.75, 3.05) is 13.7 Å². The van der Waals surface area contributed by atoms with Crippen LogP contribution < -0.4 is 11.1 Å². The Bertz CT molecular complexity index is 382. The lowest BCUT2D eigenvalue weighted by Crippen LogP contribution is -2.40. The van der Waals surface area contributed by atoms with E-state index in [1.807, 2.05) is 44.2 Å². The number of carbonyl (C=O) groups is 1. The van der Waals surface area contributed by atoms with E-state index in [-0.39, 0.29) is 36.4 Å². The van der Waals surface area contributed by atoms with Gasteiger partial charge in [0.15, 0.2) is 0 Å². The van der Waals surface area contributed by atoms with Crippen molar-refractivity contribution in [1.82, 2.24) is 5.32 Å². The zero-order chi connectivity index (χ0) is 13.6. The fourth-order valence-electron chi connectivity index (χ4n) is 1.47. The molecule has 0 spiro atoms. The van der Waals surface area contributed by atoms with Crippen LogP contribution in [-0.2, 0) is 9.53 Å². The van der Waals surface area contributed by atoms with E-state index < -0.39 is 0 Å². The van der Waals surface area contributed by atoms with Crippen LogP contribution in [-0.4, -0.2) is 25.2 Å². The van der Waals surface area contributed by atoms with Gasteiger partial charge in [-0.1, -0.05) is 30.3 Å². The van der Waals surface area contributed by atoms with Crippen molar-refractivity contribution in [3.8, 4) is 0 Å². The van der Waals surface area contributed by atoms with Crippen LogP contribution in [0.2, 0.25) is 0 Å². The molecule has 0 aromatic heterocycles. The fourth-order valence-corrected chi connectivity index (χ4v) is 1.47. The van der Waals surface area contributed by atoms with E-state index >= 15 is 0 Å². The van der Waals surface area contributed by atoms with Crippen molar-refractivity contribution >= 4 is 18.3 Å². The molecule has 4 nitrogen and oxygen atoms in total. The molecule has 0 aliphatic heterocycles. The first-order chi connectivity index (χ1) is 8.44. The monoisotopic (exact) mass is 286 g/mol. The van der Waals surface area contributed by atoms with Crippen LogP contribution in [0.4, 0.5) is 0 Å². The summed E-state index contributed by atoms with van der Waals surface area (Å²) >= 11 is 0. The lowest BCUT2D eigenvalue weighted by molar-refractivity contribution is -0.122. The summed E-state index contributed by atoms with van der Waals surface area (Å²) < 4.78 is 5.23. The molecule has 0 saturated carbocycles. The molecule has 5 heteroatoms. The highest BCUT2D eigenvalue weighted by Crippen LogP contribution is 2.13. The summed E-state index contributed by atoms with van der Waals surface area (Å²) in [5.41, 5.74) is 6.59. The number of halogens is 1. The highest BCUT2D eigenvalue weighted by atomic mass is 35.5. The average Bonchev–Trinajstić information content (AvgIpc) is 2.37. The normalized spacial score (nSPS) is 12.4. The van der Waals surface area contributed by atoms with Gasteiger partial charge in [-0.15, -0.1) is 12.4 Å². The quantitative estimate of drug-likeness (QED) is 0.841. The second-order valence-corrected chi connectivity index (χ2v) is 4.96. The SMILES string of the molecule is COC(C)(C)CNC(=O)CC(N)c1ccccc1.Cl. The van der Waals surface area contributed by atoms with Gasteiger partial charge in [0, 0.05) is 26.1 Å². The zero-order valence-electron chi connectivity index (χ0n) is 11.7. The Labute approximate surface area is 121 Å².